The second kappa shape index (κ2) is 9.02. The topological polar surface area (TPSA) is 60.9 Å². The molecule has 158 valence electrons. The number of hydrogen-bond acceptors (Lipinski definition) is 4. The SMILES string of the molecule is O=C(CCC(Cn1cc(-c2ccccc2)nn1)c1cc2ccccc2o1)c1ccccc1. The molecule has 5 aromatic rings. The lowest BCUT2D eigenvalue weighted by atomic mass is 9.96. The molecule has 0 saturated heterocycles. The molecule has 0 aliphatic heterocycles. The molecule has 1 atom stereocenters. The summed E-state index contributed by atoms with van der Waals surface area (Å²) in [6.45, 7) is 0.585. The first-order valence-electron chi connectivity index (χ1n) is 10.8. The largest absolute Gasteiger partial charge is 0.461 e. The average Bonchev–Trinajstić information content (AvgIpc) is 3.50. The van der Waals surface area contributed by atoms with Crippen molar-refractivity contribution in [3.8, 4) is 11.3 Å². The number of rotatable bonds is 8. The lowest BCUT2D eigenvalue weighted by Crippen LogP contribution is -2.12. The Labute approximate surface area is 186 Å². The zero-order valence-corrected chi connectivity index (χ0v) is 17.6. The van der Waals surface area contributed by atoms with Crippen molar-refractivity contribution >= 4 is 16.8 Å². The number of aromatic nitrogens is 3. The number of hydrogen-bond donors (Lipinski definition) is 0. The molecule has 0 N–H and O–H groups in total. The van der Waals surface area contributed by atoms with Gasteiger partial charge >= 0.3 is 0 Å². The Morgan fingerprint density at radius 3 is 2.41 bits per heavy atom. The third kappa shape index (κ3) is 4.37. The molecule has 0 amide bonds. The zero-order valence-electron chi connectivity index (χ0n) is 17.6. The fourth-order valence-corrected chi connectivity index (χ4v) is 3.96. The smallest absolute Gasteiger partial charge is 0.162 e. The highest BCUT2D eigenvalue weighted by molar-refractivity contribution is 5.96. The third-order valence-corrected chi connectivity index (χ3v) is 5.68. The normalized spacial score (nSPS) is 12.1. The van der Waals surface area contributed by atoms with Crippen LogP contribution in [0.4, 0.5) is 0 Å². The number of carbonyl (C=O) groups is 1. The third-order valence-electron chi connectivity index (χ3n) is 5.68. The van der Waals surface area contributed by atoms with Gasteiger partial charge in [-0.15, -0.1) is 5.10 Å². The summed E-state index contributed by atoms with van der Waals surface area (Å²) in [5, 5.41) is 9.73. The van der Waals surface area contributed by atoms with Crippen molar-refractivity contribution in [2.75, 3.05) is 0 Å². The Hall–Kier alpha value is -3.99. The molecule has 0 saturated carbocycles. The van der Waals surface area contributed by atoms with Crippen molar-refractivity contribution in [1.82, 2.24) is 15.0 Å². The number of ketones is 1. The monoisotopic (exact) mass is 421 g/mol. The van der Waals surface area contributed by atoms with E-state index in [1.165, 1.54) is 0 Å². The van der Waals surface area contributed by atoms with Crippen LogP contribution in [-0.4, -0.2) is 20.8 Å². The fraction of sp³-hybridized carbons (Fsp3) is 0.148. The molecule has 5 nitrogen and oxygen atoms in total. The van der Waals surface area contributed by atoms with Crippen molar-refractivity contribution in [3.05, 3.63) is 109 Å². The number of benzene rings is 3. The maximum Gasteiger partial charge on any atom is 0.162 e. The van der Waals surface area contributed by atoms with Crippen LogP contribution in [0.3, 0.4) is 0 Å². The van der Waals surface area contributed by atoms with E-state index >= 15 is 0 Å². The second-order valence-electron chi connectivity index (χ2n) is 7.90. The second-order valence-corrected chi connectivity index (χ2v) is 7.90. The number of fused-ring (bicyclic) bond motifs is 1. The van der Waals surface area contributed by atoms with Crippen LogP contribution in [0.5, 0.6) is 0 Å². The predicted octanol–water partition coefficient (Wildman–Crippen LogP) is 6.14. The van der Waals surface area contributed by atoms with Gasteiger partial charge in [0.1, 0.15) is 17.0 Å². The van der Waals surface area contributed by atoms with Crippen molar-refractivity contribution in [2.24, 2.45) is 0 Å². The Bertz CT molecular complexity index is 1290. The maximum atomic E-state index is 12.7. The molecule has 32 heavy (non-hydrogen) atoms. The maximum absolute atomic E-state index is 12.7. The van der Waals surface area contributed by atoms with Gasteiger partial charge in [-0.3, -0.25) is 9.48 Å². The van der Waals surface area contributed by atoms with Crippen LogP contribution in [0.25, 0.3) is 22.2 Å². The van der Waals surface area contributed by atoms with Crippen LogP contribution in [0, 0.1) is 0 Å². The Morgan fingerprint density at radius 1 is 0.906 bits per heavy atom. The molecule has 2 aromatic heterocycles. The van der Waals surface area contributed by atoms with E-state index in [0.717, 1.165) is 33.6 Å². The summed E-state index contributed by atoms with van der Waals surface area (Å²) >= 11 is 0. The molecule has 5 heteroatoms. The Balaban J connectivity index is 1.39. The van der Waals surface area contributed by atoms with Crippen LogP contribution in [0.2, 0.25) is 0 Å². The highest BCUT2D eigenvalue weighted by Crippen LogP contribution is 2.30. The summed E-state index contributed by atoms with van der Waals surface area (Å²) < 4.78 is 8.00. The molecule has 3 aromatic carbocycles. The van der Waals surface area contributed by atoms with Gasteiger partial charge in [-0.25, -0.2) is 0 Å². The molecule has 0 bridgehead atoms. The first-order valence-corrected chi connectivity index (χ1v) is 10.8. The lowest BCUT2D eigenvalue weighted by Gasteiger charge is -2.14. The summed E-state index contributed by atoms with van der Waals surface area (Å²) in [6, 6.07) is 29.5. The standard InChI is InChI=1S/C27H23N3O2/c31-25(21-11-5-2-6-12-21)16-15-23(27-17-22-13-7-8-14-26(22)32-27)18-30-19-24(28-29-30)20-9-3-1-4-10-20/h1-14,17,19,23H,15-16,18H2. The van der Waals surface area contributed by atoms with E-state index in [2.05, 4.69) is 16.4 Å². The van der Waals surface area contributed by atoms with Gasteiger partial charge < -0.3 is 4.42 Å². The molecular weight excluding hydrogens is 398 g/mol. The summed E-state index contributed by atoms with van der Waals surface area (Å²) in [5.41, 5.74) is 3.45. The van der Waals surface area contributed by atoms with E-state index in [0.29, 0.717) is 19.4 Å². The molecule has 0 aliphatic carbocycles. The number of nitrogens with zero attached hydrogens (tertiary/aromatic N) is 3. The molecule has 1 unspecified atom stereocenters. The highest BCUT2D eigenvalue weighted by Gasteiger charge is 2.20. The van der Waals surface area contributed by atoms with E-state index in [9.17, 15) is 4.79 Å². The van der Waals surface area contributed by atoms with Crippen LogP contribution in [-0.2, 0) is 6.54 Å². The molecular formula is C27H23N3O2. The van der Waals surface area contributed by atoms with Gasteiger partial charge in [0.15, 0.2) is 5.78 Å². The minimum Gasteiger partial charge on any atom is -0.461 e. The van der Waals surface area contributed by atoms with Gasteiger partial charge in [0.05, 0.1) is 12.7 Å². The number of Topliss-reactive ketones (excluding diaryl/α,β-unsaturated/α-hetero) is 1. The Kier molecular flexibility index (Phi) is 5.62. The lowest BCUT2D eigenvalue weighted by molar-refractivity contribution is 0.0975. The number of furan rings is 1. The first kappa shape index (κ1) is 19.9. The van der Waals surface area contributed by atoms with Crippen LogP contribution in [0.1, 0.15) is 34.9 Å². The fourth-order valence-electron chi connectivity index (χ4n) is 3.96. The van der Waals surface area contributed by atoms with Crippen molar-refractivity contribution in [3.63, 3.8) is 0 Å². The van der Waals surface area contributed by atoms with Gasteiger partial charge in [0.2, 0.25) is 0 Å². The number of para-hydroxylation sites is 1. The van der Waals surface area contributed by atoms with Gasteiger partial charge in [0, 0.05) is 28.9 Å². The molecule has 0 radical (unpaired) electrons. The minimum atomic E-state index is 0.000357. The van der Waals surface area contributed by atoms with Crippen molar-refractivity contribution in [1.29, 1.82) is 0 Å². The van der Waals surface area contributed by atoms with Gasteiger partial charge in [-0.05, 0) is 18.6 Å². The van der Waals surface area contributed by atoms with Crippen molar-refractivity contribution in [2.45, 2.75) is 25.3 Å². The predicted molar refractivity (Wildman–Crippen MR) is 124 cm³/mol. The van der Waals surface area contributed by atoms with Gasteiger partial charge in [-0.1, -0.05) is 84.1 Å². The highest BCUT2D eigenvalue weighted by atomic mass is 16.3. The molecule has 0 spiro atoms. The van der Waals surface area contributed by atoms with E-state index in [1.807, 2.05) is 95.8 Å². The Morgan fingerprint density at radius 2 is 1.62 bits per heavy atom. The van der Waals surface area contributed by atoms with E-state index in [-0.39, 0.29) is 11.7 Å². The van der Waals surface area contributed by atoms with Gasteiger partial charge in [0.25, 0.3) is 0 Å². The first-order chi connectivity index (χ1) is 15.8. The minimum absolute atomic E-state index is 0.000357. The van der Waals surface area contributed by atoms with Crippen LogP contribution >= 0.6 is 0 Å². The number of carbonyl (C=O) groups excluding carboxylic acids is 1. The molecule has 0 fully saturated rings. The summed E-state index contributed by atoms with van der Waals surface area (Å²) in [5.74, 6) is 1.000. The zero-order chi connectivity index (χ0) is 21.8. The van der Waals surface area contributed by atoms with Crippen molar-refractivity contribution < 1.29 is 9.21 Å². The van der Waals surface area contributed by atoms with Crippen LogP contribution < -0.4 is 0 Å². The summed E-state index contributed by atoms with van der Waals surface area (Å²) in [4.78, 5) is 12.7. The molecule has 0 aliphatic rings. The molecule has 2 heterocycles. The van der Waals surface area contributed by atoms with Crippen LogP contribution in [0.15, 0.2) is 102 Å². The summed E-state index contributed by atoms with van der Waals surface area (Å²) in [7, 11) is 0. The van der Waals surface area contributed by atoms with E-state index in [4.69, 9.17) is 4.42 Å². The average molecular weight is 422 g/mol. The van der Waals surface area contributed by atoms with Gasteiger partial charge in [-0.2, -0.15) is 0 Å². The molecule has 5 rings (SSSR count). The van der Waals surface area contributed by atoms with E-state index < -0.39 is 0 Å². The quantitative estimate of drug-likeness (QED) is 0.282. The van der Waals surface area contributed by atoms with E-state index in [1.54, 1.807) is 0 Å². The summed E-state index contributed by atoms with van der Waals surface area (Å²) in [6.07, 6.45) is 3.05.